The number of rotatable bonds is 4. The summed E-state index contributed by atoms with van der Waals surface area (Å²) in [6, 6.07) is 0. The molecular formula is C11H22O2. The van der Waals surface area contributed by atoms with E-state index in [0.29, 0.717) is 11.8 Å². The summed E-state index contributed by atoms with van der Waals surface area (Å²) in [5.41, 5.74) is 0. The van der Waals surface area contributed by atoms with Crippen molar-refractivity contribution in [2.24, 2.45) is 11.8 Å². The van der Waals surface area contributed by atoms with Crippen molar-refractivity contribution in [3.63, 3.8) is 0 Å². The van der Waals surface area contributed by atoms with Crippen LogP contribution in [0.15, 0.2) is 0 Å². The second kappa shape index (κ2) is 5.61. The van der Waals surface area contributed by atoms with Crippen LogP contribution < -0.4 is 0 Å². The molecule has 78 valence electrons. The zero-order valence-corrected chi connectivity index (χ0v) is 8.83. The molecule has 1 unspecified atom stereocenters. The number of ether oxygens (including phenoxy) is 1. The lowest BCUT2D eigenvalue weighted by Gasteiger charge is -2.32. The zero-order chi connectivity index (χ0) is 9.68. The van der Waals surface area contributed by atoms with E-state index in [1.165, 1.54) is 19.3 Å². The molecular weight excluding hydrogens is 164 g/mol. The lowest BCUT2D eigenvalue weighted by atomic mass is 9.77. The lowest BCUT2D eigenvalue weighted by molar-refractivity contribution is 0.0317. The lowest BCUT2D eigenvalue weighted by Crippen LogP contribution is -2.30. The normalized spacial score (nSPS) is 31.6. The summed E-state index contributed by atoms with van der Waals surface area (Å²) in [6.45, 7) is 3.06. The van der Waals surface area contributed by atoms with Gasteiger partial charge >= 0.3 is 0 Å². The van der Waals surface area contributed by atoms with Gasteiger partial charge in [-0.15, -0.1) is 0 Å². The van der Waals surface area contributed by atoms with Crippen LogP contribution >= 0.6 is 0 Å². The Hall–Kier alpha value is -0.0800. The third-order valence-corrected chi connectivity index (χ3v) is 3.29. The molecule has 0 spiro atoms. The topological polar surface area (TPSA) is 29.5 Å². The Morgan fingerprint density at radius 2 is 2.08 bits per heavy atom. The Labute approximate surface area is 81.3 Å². The van der Waals surface area contributed by atoms with Gasteiger partial charge in [-0.25, -0.2) is 0 Å². The van der Waals surface area contributed by atoms with E-state index >= 15 is 0 Å². The van der Waals surface area contributed by atoms with E-state index in [4.69, 9.17) is 4.74 Å². The van der Waals surface area contributed by atoms with Gasteiger partial charge in [-0.3, -0.25) is 0 Å². The first-order valence-corrected chi connectivity index (χ1v) is 5.42. The molecule has 0 amide bonds. The predicted molar refractivity (Wildman–Crippen MR) is 53.6 cm³/mol. The number of aliphatic hydroxyl groups is 1. The van der Waals surface area contributed by atoms with Crippen molar-refractivity contribution < 1.29 is 9.84 Å². The van der Waals surface area contributed by atoms with Crippen molar-refractivity contribution in [3.8, 4) is 0 Å². The molecule has 1 aliphatic rings. The van der Waals surface area contributed by atoms with Crippen LogP contribution in [-0.2, 0) is 4.74 Å². The van der Waals surface area contributed by atoms with Gasteiger partial charge in [0.15, 0.2) is 0 Å². The number of aliphatic hydroxyl groups excluding tert-OH is 1. The standard InChI is InChI=1S/C11H22O2/c1-9(7-8-13-2)10-5-3-4-6-11(10)12/h9-12H,3-8H2,1-2H3/t9?,10-,11+/m0/s1. The average Bonchev–Trinajstić information content (AvgIpc) is 2.15. The van der Waals surface area contributed by atoms with E-state index in [1.807, 2.05) is 0 Å². The molecule has 3 atom stereocenters. The first-order valence-electron chi connectivity index (χ1n) is 5.42. The molecule has 0 saturated heterocycles. The summed E-state index contributed by atoms with van der Waals surface area (Å²) in [4.78, 5) is 0. The summed E-state index contributed by atoms with van der Waals surface area (Å²) in [7, 11) is 1.74. The summed E-state index contributed by atoms with van der Waals surface area (Å²) in [5, 5.41) is 9.80. The van der Waals surface area contributed by atoms with Gasteiger partial charge in [-0.05, 0) is 31.1 Å². The molecule has 1 rings (SSSR count). The van der Waals surface area contributed by atoms with Gasteiger partial charge in [0.1, 0.15) is 0 Å². The quantitative estimate of drug-likeness (QED) is 0.729. The fourth-order valence-electron chi connectivity index (χ4n) is 2.32. The molecule has 1 saturated carbocycles. The van der Waals surface area contributed by atoms with E-state index in [9.17, 15) is 5.11 Å². The maximum Gasteiger partial charge on any atom is 0.0571 e. The Morgan fingerprint density at radius 1 is 1.38 bits per heavy atom. The van der Waals surface area contributed by atoms with Crippen LogP contribution in [0.3, 0.4) is 0 Å². The summed E-state index contributed by atoms with van der Waals surface area (Å²) < 4.78 is 5.06. The third kappa shape index (κ3) is 3.28. The predicted octanol–water partition coefficient (Wildman–Crippen LogP) is 2.21. The van der Waals surface area contributed by atoms with Crippen LogP contribution in [-0.4, -0.2) is 24.9 Å². The van der Waals surface area contributed by atoms with E-state index in [1.54, 1.807) is 7.11 Å². The van der Waals surface area contributed by atoms with Crippen molar-refractivity contribution >= 4 is 0 Å². The molecule has 13 heavy (non-hydrogen) atoms. The second-order valence-corrected chi connectivity index (χ2v) is 4.27. The van der Waals surface area contributed by atoms with Gasteiger partial charge in [0.2, 0.25) is 0 Å². The molecule has 0 bridgehead atoms. The van der Waals surface area contributed by atoms with Gasteiger partial charge in [-0.2, -0.15) is 0 Å². The summed E-state index contributed by atoms with van der Waals surface area (Å²) in [5.74, 6) is 1.12. The highest BCUT2D eigenvalue weighted by atomic mass is 16.5. The molecule has 0 aliphatic heterocycles. The van der Waals surface area contributed by atoms with Gasteiger partial charge in [0.05, 0.1) is 6.10 Å². The third-order valence-electron chi connectivity index (χ3n) is 3.29. The Kier molecular flexibility index (Phi) is 4.74. The van der Waals surface area contributed by atoms with Gasteiger partial charge < -0.3 is 9.84 Å². The van der Waals surface area contributed by atoms with Gasteiger partial charge in [0.25, 0.3) is 0 Å². The first kappa shape index (κ1) is 11.0. The number of hydrogen-bond donors (Lipinski definition) is 1. The average molecular weight is 186 g/mol. The second-order valence-electron chi connectivity index (χ2n) is 4.27. The largest absolute Gasteiger partial charge is 0.393 e. The Balaban J connectivity index is 2.30. The highest BCUT2D eigenvalue weighted by Crippen LogP contribution is 2.31. The number of methoxy groups -OCH3 is 1. The Morgan fingerprint density at radius 3 is 2.69 bits per heavy atom. The van der Waals surface area contributed by atoms with E-state index in [-0.39, 0.29) is 6.10 Å². The fourth-order valence-corrected chi connectivity index (χ4v) is 2.32. The van der Waals surface area contributed by atoms with Gasteiger partial charge in [0, 0.05) is 13.7 Å². The smallest absolute Gasteiger partial charge is 0.0571 e. The van der Waals surface area contributed by atoms with E-state index in [2.05, 4.69) is 6.92 Å². The molecule has 0 aromatic carbocycles. The molecule has 2 nitrogen and oxygen atoms in total. The molecule has 2 heteroatoms. The maximum absolute atomic E-state index is 9.80. The monoisotopic (exact) mass is 186 g/mol. The van der Waals surface area contributed by atoms with Crippen molar-refractivity contribution in [3.05, 3.63) is 0 Å². The molecule has 1 N–H and O–H groups in total. The Bertz CT molecular complexity index is 136. The highest BCUT2D eigenvalue weighted by molar-refractivity contribution is 4.78. The first-order chi connectivity index (χ1) is 6.25. The zero-order valence-electron chi connectivity index (χ0n) is 8.83. The summed E-state index contributed by atoms with van der Waals surface area (Å²) in [6.07, 6.45) is 5.72. The summed E-state index contributed by atoms with van der Waals surface area (Å²) >= 11 is 0. The molecule has 0 aromatic heterocycles. The minimum Gasteiger partial charge on any atom is -0.393 e. The van der Waals surface area contributed by atoms with Crippen molar-refractivity contribution in [2.75, 3.05) is 13.7 Å². The fraction of sp³-hybridized carbons (Fsp3) is 1.00. The maximum atomic E-state index is 9.80. The van der Waals surface area contributed by atoms with Crippen LogP contribution in [0.5, 0.6) is 0 Å². The van der Waals surface area contributed by atoms with Crippen LogP contribution in [0, 0.1) is 11.8 Å². The molecule has 0 aromatic rings. The minimum atomic E-state index is -0.0550. The van der Waals surface area contributed by atoms with Crippen LogP contribution in [0.25, 0.3) is 0 Å². The molecule has 1 aliphatic carbocycles. The van der Waals surface area contributed by atoms with E-state index in [0.717, 1.165) is 19.4 Å². The van der Waals surface area contributed by atoms with E-state index < -0.39 is 0 Å². The van der Waals surface area contributed by atoms with Crippen LogP contribution in [0.1, 0.15) is 39.0 Å². The van der Waals surface area contributed by atoms with Crippen LogP contribution in [0.4, 0.5) is 0 Å². The van der Waals surface area contributed by atoms with Gasteiger partial charge in [-0.1, -0.05) is 19.8 Å². The van der Waals surface area contributed by atoms with Crippen molar-refractivity contribution in [2.45, 2.75) is 45.1 Å². The SMILES string of the molecule is COCCC(C)[C@@H]1CCCC[C@H]1O. The molecule has 0 heterocycles. The van der Waals surface area contributed by atoms with Crippen LogP contribution in [0.2, 0.25) is 0 Å². The molecule has 0 radical (unpaired) electrons. The van der Waals surface area contributed by atoms with Crippen molar-refractivity contribution in [1.29, 1.82) is 0 Å². The molecule has 1 fully saturated rings. The van der Waals surface area contributed by atoms with Crippen molar-refractivity contribution in [1.82, 2.24) is 0 Å². The number of hydrogen-bond acceptors (Lipinski definition) is 2. The highest BCUT2D eigenvalue weighted by Gasteiger charge is 2.27. The minimum absolute atomic E-state index is 0.0550.